The molecule has 0 amide bonds. The Morgan fingerprint density at radius 3 is 2.71 bits per heavy atom. The van der Waals surface area contributed by atoms with E-state index in [4.69, 9.17) is 5.26 Å². The maximum Gasteiger partial charge on any atom is 0.133 e. The zero-order valence-corrected chi connectivity index (χ0v) is 5.16. The third kappa shape index (κ3) is 3.68. The lowest BCUT2D eigenvalue weighted by Gasteiger charge is -1.95. The minimum Gasteiger partial charge on any atom is -0.185 e. The molecule has 0 fully saturated rings. The van der Waals surface area contributed by atoms with E-state index >= 15 is 0 Å². The maximum absolute atomic E-state index is 8.04. The minimum atomic E-state index is 0.255. The van der Waals surface area contributed by atoms with Gasteiger partial charge in [-0.2, -0.15) is 5.26 Å². The molecule has 1 radical (unpaired) electrons. The average Bonchev–Trinajstić information content (AvgIpc) is 1.68. The first kappa shape index (κ1) is 6.84. The molecule has 7 heavy (non-hydrogen) atoms. The molecule has 0 bridgehead atoms. The lowest BCUT2D eigenvalue weighted by Crippen LogP contribution is -1.88. The highest BCUT2D eigenvalue weighted by Gasteiger charge is 1.94. The van der Waals surface area contributed by atoms with Crippen molar-refractivity contribution in [3.05, 3.63) is 6.92 Å². The third-order valence-electron chi connectivity index (χ3n) is 0.675. The van der Waals surface area contributed by atoms with E-state index < -0.39 is 0 Å². The van der Waals surface area contributed by atoms with Crippen LogP contribution < -0.4 is 0 Å². The number of hydrogen-bond donors (Lipinski definition) is 0. The van der Waals surface area contributed by atoms with E-state index in [-0.39, 0.29) is 5.25 Å². The standard InChI is InChI=1S/C5H8NS/c1-3-5(2)7-4-6/h5H,2-3H2,1H3. The van der Waals surface area contributed by atoms with Gasteiger partial charge in [-0.1, -0.05) is 6.92 Å². The van der Waals surface area contributed by atoms with Gasteiger partial charge in [-0.05, 0) is 25.1 Å². The number of nitriles is 1. The summed E-state index contributed by atoms with van der Waals surface area (Å²) in [5.74, 6) is 0. The van der Waals surface area contributed by atoms with Crippen molar-refractivity contribution in [3.63, 3.8) is 0 Å². The van der Waals surface area contributed by atoms with Crippen LogP contribution in [0.3, 0.4) is 0 Å². The summed E-state index contributed by atoms with van der Waals surface area (Å²) >= 11 is 1.23. The smallest absolute Gasteiger partial charge is 0.133 e. The molecule has 2 heteroatoms. The lowest BCUT2D eigenvalue weighted by molar-refractivity contribution is 0.979. The average molecular weight is 114 g/mol. The molecule has 0 aromatic carbocycles. The second-order valence-corrected chi connectivity index (χ2v) is 2.32. The fourth-order valence-electron chi connectivity index (χ4n) is 0.158. The molecular weight excluding hydrogens is 106 g/mol. The van der Waals surface area contributed by atoms with Crippen LogP contribution in [-0.2, 0) is 0 Å². The predicted molar refractivity (Wildman–Crippen MR) is 32.6 cm³/mol. The van der Waals surface area contributed by atoms with Gasteiger partial charge >= 0.3 is 0 Å². The Morgan fingerprint density at radius 2 is 2.57 bits per heavy atom. The van der Waals surface area contributed by atoms with Crippen LogP contribution in [-0.4, -0.2) is 5.25 Å². The Morgan fingerprint density at radius 1 is 2.00 bits per heavy atom. The molecule has 0 rings (SSSR count). The molecule has 0 aliphatic heterocycles. The summed E-state index contributed by atoms with van der Waals surface area (Å²) < 4.78 is 0. The van der Waals surface area contributed by atoms with Crippen molar-refractivity contribution in [2.24, 2.45) is 0 Å². The molecule has 1 unspecified atom stereocenters. The van der Waals surface area contributed by atoms with Crippen LogP contribution in [0.5, 0.6) is 0 Å². The number of rotatable bonds is 2. The van der Waals surface area contributed by atoms with E-state index in [0.717, 1.165) is 6.42 Å². The molecule has 0 aromatic heterocycles. The normalized spacial score (nSPS) is 12.7. The molecule has 39 valence electrons. The summed E-state index contributed by atoms with van der Waals surface area (Å²) in [7, 11) is 0. The molecule has 0 N–H and O–H groups in total. The van der Waals surface area contributed by atoms with Crippen molar-refractivity contribution in [1.82, 2.24) is 0 Å². The van der Waals surface area contributed by atoms with Gasteiger partial charge in [0.15, 0.2) is 0 Å². The van der Waals surface area contributed by atoms with E-state index in [0.29, 0.717) is 0 Å². The van der Waals surface area contributed by atoms with E-state index in [9.17, 15) is 0 Å². The van der Waals surface area contributed by atoms with Gasteiger partial charge in [-0.3, -0.25) is 0 Å². The van der Waals surface area contributed by atoms with Crippen LogP contribution >= 0.6 is 11.8 Å². The Kier molecular flexibility index (Phi) is 3.92. The SMILES string of the molecule is [CH2]C(CC)SC#N. The van der Waals surface area contributed by atoms with Crippen molar-refractivity contribution in [2.75, 3.05) is 0 Å². The summed E-state index contributed by atoms with van der Waals surface area (Å²) in [4.78, 5) is 0. The zero-order valence-electron chi connectivity index (χ0n) is 4.35. The fraction of sp³-hybridized carbons (Fsp3) is 0.600. The molecule has 0 spiro atoms. The number of hydrogen-bond acceptors (Lipinski definition) is 2. The maximum atomic E-state index is 8.04. The molecule has 0 saturated carbocycles. The zero-order chi connectivity index (χ0) is 5.70. The Hall–Kier alpha value is -0.160. The van der Waals surface area contributed by atoms with E-state index in [2.05, 4.69) is 6.92 Å². The van der Waals surface area contributed by atoms with Gasteiger partial charge in [0.2, 0.25) is 0 Å². The quantitative estimate of drug-likeness (QED) is 0.511. The first-order valence-corrected chi connectivity index (χ1v) is 3.07. The Bertz CT molecular complexity index is 74.6. The van der Waals surface area contributed by atoms with E-state index in [1.165, 1.54) is 11.8 Å². The van der Waals surface area contributed by atoms with Crippen molar-refractivity contribution in [2.45, 2.75) is 18.6 Å². The summed E-state index contributed by atoms with van der Waals surface area (Å²) in [6.07, 6.45) is 0.970. The molecule has 0 aliphatic carbocycles. The van der Waals surface area contributed by atoms with Gasteiger partial charge < -0.3 is 0 Å². The van der Waals surface area contributed by atoms with Crippen LogP contribution in [0.1, 0.15) is 13.3 Å². The summed E-state index contributed by atoms with van der Waals surface area (Å²) in [6, 6.07) is 0. The number of nitrogens with zero attached hydrogens (tertiary/aromatic N) is 1. The molecule has 1 atom stereocenters. The van der Waals surface area contributed by atoms with Crippen molar-refractivity contribution in [3.8, 4) is 5.40 Å². The monoisotopic (exact) mass is 114 g/mol. The van der Waals surface area contributed by atoms with Crippen molar-refractivity contribution >= 4 is 11.8 Å². The largest absolute Gasteiger partial charge is 0.185 e. The first-order valence-electron chi connectivity index (χ1n) is 2.19. The van der Waals surface area contributed by atoms with E-state index in [1.807, 2.05) is 12.3 Å². The summed E-state index contributed by atoms with van der Waals surface area (Å²) in [6.45, 7) is 5.70. The second-order valence-electron chi connectivity index (χ2n) is 1.24. The Labute approximate surface area is 48.7 Å². The molecular formula is C5H8NS. The summed E-state index contributed by atoms with van der Waals surface area (Å²) in [5.41, 5.74) is 0. The van der Waals surface area contributed by atoms with Crippen molar-refractivity contribution < 1.29 is 0 Å². The molecule has 0 aliphatic rings. The highest BCUT2D eigenvalue weighted by Crippen LogP contribution is 2.09. The topological polar surface area (TPSA) is 23.8 Å². The molecule has 0 heterocycles. The number of thioether (sulfide) groups is 1. The Balaban J connectivity index is 3.03. The summed E-state index contributed by atoms with van der Waals surface area (Å²) in [5, 5.41) is 10.3. The number of thiocyanates is 1. The van der Waals surface area contributed by atoms with Gasteiger partial charge in [0, 0.05) is 5.25 Å². The first-order chi connectivity index (χ1) is 3.31. The molecule has 0 aromatic rings. The lowest BCUT2D eigenvalue weighted by atomic mass is 10.4. The fourth-order valence-corrected chi connectivity index (χ4v) is 0.474. The highest BCUT2D eigenvalue weighted by molar-refractivity contribution is 8.04. The van der Waals surface area contributed by atoms with Crippen LogP contribution in [0.25, 0.3) is 0 Å². The minimum absolute atomic E-state index is 0.255. The van der Waals surface area contributed by atoms with Gasteiger partial charge in [0.25, 0.3) is 0 Å². The van der Waals surface area contributed by atoms with Gasteiger partial charge in [-0.25, -0.2) is 0 Å². The van der Waals surface area contributed by atoms with Gasteiger partial charge in [0.1, 0.15) is 5.40 Å². The van der Waals surface area contributed by atoms with Crippen LogP contribution in [0.2, 0.25) is 0 Å². The molecule has 1 nitrogen and oxygen atoms in total. The highest BCUT2D eigenvalue weighted by atomic mass is 32.2. The second kappa shape index (κ2) is 4.01. The van der Waals surface area contributed by atoms with E-state index in [1.54, 1.807) is 0 Å². The third-order valence-corrected chi connectivity index (χ3v) is 1.45. The van der Waals surface area contributed by atoms with Gasteiger partial charge in [0.05, 0.1) is 0 Å². The van der Waals surface area contributed by atoms with Crippen molar-refractivity contribution in [1.29, 1.82) is 5.26 Å². The van der Waals surface area contributed by atoms with Gasteiger partial charge in [-0.15, -0.1) is 0 Å². The van der Waals surface area contributed by atoms with Crippen LogP contribution in [0, 0.1) is 17.6 Å². The predicted octanol–water partition coefficient (Wildman–Crippen LogP) is 1.81. The molecule has 0 saturated heterocycles. The van der Waals surface area contributed by atoms with Crippen LogP contribution in [0.15, 0.2) is 0 Å². The van der Waals surface area contributed by atoms with Crippen LogP contribution in [0.4, 0.5) is 0 Å².